The van der Waals surface area contributed by atoms with Gasteiger partial charge in [0.2, 0.25) is 11.8 Å². The van der Waals surface area contributed by atoms with Crippen LogP contribution in [-0.4, -0.2) is 48.8 Å². The van der Waals surface area contributed by atoms with Crippen LogP contribution in [0.2, 0.25) is 0 Å². The van der Waals surface area contributed by atoms with Gasteiger partial charge < -0.3 is 4.90 Å². The van der Waals surface area contributed by atoms with Gasteiger partial charge in [0, 0.05) is 19.4 Å². The number of likely N-dealkylation sites (tertiary alicyclic amines) is 1. The van der Waals surface area contributed by atoms with E-state index in [1.807, 2.05) is 32.3 Å². The molecule has 0 radical (unpaired) electrons. The highest BCUT2D eigenvalue weighted by atomic mass is 16.2. The lowest BCUT2D eigenvalue weighted by atomic mass is 9.89. The Balaban J connectivity index is 1.87. The topological polar surface area (TPSA) is 40.6 Å². The summed E-state index contributed by atoms with van der Waals surface area (Å²) in [6.07, 6.45) is 2.63. The molecule has 0 N–H and O–H groups in total. The standard InChI is InChI=1S/C17H24N2O2/c1-18(2)9-6-10-19-16(20)12-15(13-17(19)21)11-14-7-4-3-5-8-14/h3-5,7-8,15H,6,9-13H2,1-2H3. The lowest BCUT2D eigenvalue weighted by molar-refractivity contribution is -0.150. The molecule has 0 atom stereocenters. The number of hydrogen-bond acceptors (Lipinski definition) is 3. The summed E-state index contributed by atoms with van der Waals surface area (Å²) < 4.78 is 0. The molecule has 0 spiro atoms. The van der Waals surface area contributed by atoms with E-state index in [1.54, 1.807) is 0 Å². The predicted octanol–water partition coefficient (Wildman–Crippen LogP) is 1.95. The monoisotopic (exact) mass is 288 g/mol. The van der Waals surface area contributed by atoms with Crippen molar-refractivity contribution < 1.29 is 9.59 Å². The molecule has 1 aromatic rings. The minimum absolute atomic E-state index is 0.00839. The summed E-state index contributed by atoms with van der Waals surface area (Å²) in [5.74, 6) is 0.134. The van der Waals surface area contributed by atoms with Crippen LogP contribution in [0, 0.1) is 5.92 Å². The Hall–Kier alpha value is -1.68. The highest BCUT2D eigenvalue weighted by Crippen LogP contribution is 2.23. The van der Waals surface area contributed by atoms with Crippen LogP contribution >= 0.6 is 0 Å². The van der Waals surface area contributed by atoms with E-state index in [1.165, 1.54) is 10.5 Å². The van der Waals surface area contributed by atoms with Crippen LogP contribution in [0.4, 0.5) is 0 Å². The Labute approximate surface area is 126 Å². The van der Waals surface area contributed by atoms with Crippen molar-refractivity contribution in [2.75, 3.05) is 27.2 Å². The second kappa shape index (κ2) is 7.36. The molecule has 114 valence electrons. The van der Waals surface area contributed by atoms with Crippen molar-refractivity contribution in [1.29, 1.82) is 0 Å². The van der Waals surface area contributed by atoms with Crippen LogP contribution in [0.5, 0.6) is 0 Å². The summed E-state index contributed by atoms with van der Waals surface area (Å²) in [5.41, 5.74) is 1.20. The molecule has 4 nitrogen and oxygen atoms in total. The normalized spacial score (nSPS) is 16.8. The molecule has 1 saturated heterocycles. The minimum atomic E-state index is -0.00839. The minimum Gasteiger partial charge on any atom is -0.309 e. The molecule has 0 saturated carbocycles. The number of imide groups is 1. The van der Waals surface area contributed by atoms with Gasteiger partial charge in [-0.2, -0.15) is 0 Å². The van der Waals surface area contributed by atoms with Gasteiger partial charge in [0.05, 0.1) is 0 Å². The average Bonchev–Trinajstić information content (AvgIpc) is 2.42. The molecule has 0 bridgehead atoms. The first kappa shape index (κ1) is 15.7. The Kier molecular flexibility index (Phi) is 5.51. The summed E-state index contributed by atoms with van der Waals surface area (Å²) in [5, 5.41) is 0. The number of piperidine rings is 1. The van der Waals surface area contributed by atoms with E-state index in [-0.39, 0.29) is 17.7 Å². The second-order valence-corrected chi connectivity index (χ2v) is 6.06. The van der Waals surface area contributed by atoms with Gasteiger partial charge in [-0.25, -0.2) is 0 Å². The number of rotatable bonds is 6. The molecular formula is C17H24N2O2. The zero-order valence-corrected chi connectivity index (χ0v) is 12.9. The van der Waals surface area contributed by atoms with Crippen molar-refractivity contribution in [3.05, 3.63) is 35.9 Å². The number of nitrogens with zero attached hydrogens (tertiary/aromatic N) is 2. The van der Waals surface area contributed by atoms with Crippen LogP contribution in [0.3, 0.4) is 0 Å². The molecule has 1 heterocycles. The van der Waals surface area contributed by atoms with E-state index >= 15 is 0 Å². The summed E-state index contributed by atoms with van der Waals surface area (Å²) in [7, 11) is 3.99. The maximum atomic E-state index is 12.2. The van der Waals surface area contributed by atoms with E-state index < -0.39 is 0 Å². The average molecular weight is 288 g/mol. The zero-order chi connectivity index (χ0) is 15.2. The Bertz CT molecular complexity index is 467. The lowest BCUT2D eigenvalue weighted by Crippen LogP contribution is -2.44. The number of carbonyl (C=O) groups excluding carboxylic acids is 2. The van der Waals surface area contributed by atoms with Gasteiger partial charge >= 0.3 is 0 Å². The third-order valence-electron chi connectivity index (χ3n) is 3.88. The number of hydrogen-bond donors (Lipinski definition) is 0. The first-order valence-corrected chi connectivity index (χ1v) is 7.58. The summed E-state index contributed by atoms with van der Waals surface area (Å²) >= 11 is 0. The van der Waals surface area contributed by atoms with E-state index in [2.05, 4.69) is 17.0 Å². The van der Waals surface area contributed by atoms with Gasteiger partial charge in [-0.15, -0.1) is 0 Å². The van der Waals surface area contributed by atoms with Gasteiger partial charge in [0.1, 0.15) is 0 Å². The molecule has 1 aromatic carbocycles. The molecule has 4 heteroatoms. The molecule has 0 aromatic heterocycles. The van der Waals surface area contributed by atoms with E-state index in [4.69, 9.17) is 0 Å². The predicted molar refractivity (Wildman–Crippen MR) is 82.8 cm³/mol. The number of benzene rings is 1. The van der Waals surface area contributed by atoms with Crippen molar-refractivity contribution in [3.63, 3.8) is 0 Å². The maximum absolute atomic E-state index is 12.2. The van der Waals surface area contributed by atoms with Crippen LogP contribution in [-0.2, 0) is 16.0 Å². The highest BCUT2D eigenvalue weighted by molar-refractivity contribution is 5.97. The van der Waals surface area contributed by atoms with E-state index in [9.17, 15) is 9.59 Å². The maximum Gasteiger partial charge on any atom is 0.229 e. The first-order valence-electron chi connectivity index (χ1n) is 7.58. The van der Waals surface area contributed by atoms with Crippen molar-refractivity contribution in [2.45, 2.75) is 25.7 Å². The van der Waals surface area contributed by atoms with Gasteiger partial charge in [0.15, 0.2) is 0 Å². The van der Waals surface area contributed by atoms with Gasteiger partial charge in [-0.05, 0) is 45.0 Å². The third kappa shape index (κ3) is 4.67. The molecular weight excluding hydrogens is 264 g/mol. The van der Waals surface area contributed by atoms with E-state index in [0.29, 0.717) is 19.4 Å². The lowest BCUT2D eigenvalue weighted by Gasteiger charge is -2.30. The number of amides is 2. The Morgan fingerprint density at radius 1 is 1.10 bits per heavy atom. The Morgan fingerprint density at radius 3 is 2.29 bits per heavy atom. The molecule has 2 amide bonds. The second-order valence-electron chi connectivity index (χ2n) is 6.06. The number of carbonyl (C=O) groups is 2. The Morgan fingerprint density at radius 2 is 1.71 bits per heavy atom. The largest absolute Gasteiger partial charge is 0.309 e. The van der Waals surface area contributed by atoms with Crippen LogP contribution in [0.1, 0.15) is 24.8 Å². The zero-order valence-electron chi connectivity index (χ0n) is 12.9. The molecule has 1 fully saturated rings. The molecule has 1 aliphatic heterocycles. The summed E-state index contributed by atoms with van der Waals surface area (Å²) in [6.45, 7) is 1.44. The van der Waals surface area contributed by atoms with Gasteiger partial charge in [-0.1, -0.05) is 30.3 Å². The molecule has 2 rings (SSSR count). The molecule has 0 unspecified atom stereocenters. The van der Waals surface area contributed by atoms with Crippen molar-refractivity contribution in [3.8, 4) is 0 Å². The van der Waals surface area contributed by atoms with Crippen molar-refractivity contribution in [2.24, 2.45) is 5.92 Å². The van der Waals surface area contributed by atoms with E-state index in [0.717, 1.165) is 19.4 Å². The third-order valence-corrected chi connectivity index (χ3v) is 3.88. The quantitative estimate of drug-likeness (QED) is 0.751. The fourth-order valence-corrected chi connectivity index (χ4v) is 2.81. The molecule has 1 aliphatic rings. The van der Waals surface area contributed by atoms with Crippen molar-refractivity contribution in [1.82, 2.24) is 9.80 Å². The van der Waals surface area contributed by atoms with Crippen LogP contribution < -0.4 is 0 Å². The van der Waals surface area contributed by atoms with Crippen LogP contribution in [0.25, 0.3) is 0 Å². The van der Waals surface area contributed by atoms with Gasteiger partial charge in [-0.3, -0.25) is 14.5 Å². The SMILES string of the molecule is CN(C)CCCN1C(=O)CC(Cc2ccccc2)CC1=O. The van der Waals surface area contributed by atoms with Gasteiger partial charge in [0.25, 0.3) is 0 Å². The molecule has 21 heavy (non-hydrogen) atoms. The van der Waals surface area contributed by atoms with Crippen molar-refractivity contribution >= 4 is 11.8 Å². The fraction of sp³-hybridized carbons (Fsp3) is 0.529. The highest BCUT2D eigenvalue weighted by Gasteiger charge is 2.31. The first-order chi connectivity index (χ1) is 10.1. The fourth-order valence-electron chi connectivity index (χ4n) is 2.81. The smallest absolute Gasteiger partial charge is 0.229 e. The molecule has 0 aliphatic carbocycles. The van der Waals surface area contributed by atoms with Crippen LogP contribution in [0.15, 0.2) is 30.3 Å². The summed E-state index contributed by atoms with van der Waals surface area (Å²) in [4.78, 5) is 27.9. The summed E-state index contributed by atoms with van der Waals surface area (Å²) in [6, 6.07) is 10.1.